The molecule has 3 aliphatic rings. The summed E-state index contributed by atoms with van der Waals surface area (Å²) in [5.41, 5.74) is 2.68. The van der Waals surface area contributed by atoms with Crippen LogP contribution < -0.4 is 5.32 Å². The predicted octanol–water partition coefficient (Wildman–Crippen LogP) is 2.81. The molecule has 1 aromatic heterocycles. The van der Waals surface area contributed by atoms with E-state index in [2.05, 4.69) is 5.32 Å². The third kappa shape index (κ3) is 5.76. The first kappa shape index (κ1) is 27.8. The third-order valence-corrected chi connectivity index (χ3v) is 10.1. The molecular weight excluding hydrogens is 520 g/mol. The number of aryl methyl sites for hydroxylation is 1. The number of carbonyl (C=O) groups excluding carboxylic acids is 2. The van der Waals surface area contributed by atoms with Crippen LogP contribution in [0.15, 0.2) is 29.2 Å². The van der Waals surface area contributed by atoms with Crippen LogP contribution in [-0.2, 0) is 38.9 Å². The molecule has 2 saturated heterocycles. The van der Waals surface area contributed by atoms with Gasteiger partial charge in [-0.15, -0.1) is 0 Å². The summed E-state index contributed by atoms with van der Waals surface area (Å²) >= 11 is 0. The highest BCUT2D eigenvalue weighted by molar-refractivity contribution is 7.89. The molecule has 1 atom stereocenters. The summed E-state index contributed by atoms with van der Waals surface area (Å²) in [5.74, 6) is -0.692. The summed E-state index contributed by atoms with van der Waals surface area (Å²) in [5, 5.41) is 7.92. The van der Waals surface area contributed by atoms with Crippen molar-refractivity contribution in [2.24, 2.45) is 11.3 Å². The molecule has 10 nitrogen and oxygen atoms in total. The van der Waals surface area contributed by atoms with Crippen LogP contribution in [-0.4, -0.2) is 73.8 Å². The number of carbonyl (C=O) groups is 2. The molecule has 1 amide bonds. The quantitative estimate of drug-likeness (QED) is 0.495. The van der Waals surface area contributed by atoms with Gasteiger partial charge in [0, 0.05) is 45.0 Å². The lowest BCUT2D eigenvalue weighted by atomic mass is 9.75. The number of fused-ring (bicyclic) bond motifs is 1. The molecule has 0 aliphatic carbocycles. The van der Waals surface area contributed by atoms with Crippen molar-refractivity contribution in [1.29, 1.82) is 0 Å². The Hall–Kier alpha value is -2.76. The van der Waals surface area contributed by atoms with Crippen LogP contribution in [0.3, 0.4) is 0 Å². The van der Waals surface area contributed by atoms with Crippen LogP contribution in [0.1, 0.15) is 71.6 Å². The molecule has 1 spiro atoms. The minimum atomic E-state index is -3.62. The molecule has 11 heteroatoms. The van der Waals surface area contributed by atoms with Crippen molar-refractivity contribution in [2.75, 3.05) is 39.5 Å². The maximum Gasteiger partial charge on any atom is 0.338 e. The van der Waals surface area contributed by atoms with Gasteiger partial charge in [0.15, 0.2) is 0 Å². The zero-order valence-corrected chi connectivity index (χ0v) is 23.6. The van der Waals surface area contributed by atoms with Crippen LogP contribution in [0.25, 0.3) is 0 Å². The molecule has 1 aromatic carbocycles. The number of sulfonamides is 1. The topological polar surface area (TPSA) is 120 Å². The maximum absolute atomic E-state index is 13.0. The Morgan fingerprint density at radius 2 is 1.97 bits per heavy atom. The Labute approximate surface area is 230 Å². The van der Waals surface area contributed by atoms with E-state index >= 15 is 0 Å². The average molecular weight is 559 g/mol. The number of hydrogen-bond acceptors (Lipinski definition) is 7. The third-order valence-electron chi connectivity index (χ3n) is 8.19. The molecule has 4 heterocycles. The highest BCUT2D eigenvalue weighted by Gasteiger charge is 2.40. The number of aromatic nitrogens is 2. The van der Waals surface area contributed by atoms with E-state index in [1.165, 1.54) is 16.4 Å². The minimum Gasteiger partial charge on any atom is -0.462 e. The van der Waals surface area contributed by atoms with Gasteiger partial charge in [0.1, 0.15) is 5.69 Å². The molecule has 39 heavy (non-hydrogen) atoms. The van der Waals surface area contributed by atoms with Crippen molar-refractivity contribution < 1.29 is 27.5 Å². The normalized spacial score (nSPS) is 20.3. The van der Waals surface area contributed by atoms with Crippen molar-refractivity contribution in [3.63, 3.8) is 0 Å². The van der Waals surface area contributed by atoms with Gasteiger partial charge >= 0.3 is 5.97 Å². The Morgan fingerprint density at radius 1 is 1.23 bits per heavy atom. The zero-order valence-electron chi connectivity index (χ0n) is 22.8. The standard InChI is InChI=1S/C28H38N4O6S/c1-3-32-25-23(17-28(19-29-26(25)33)9-13-37-14-10-28)24(30-32)15-20(2)18-38-27(34)21-7-6-8-22(16-21)39(35,36)31-11-4-5-12-31/h6-8,16,20H,3-5,9-15,17-19H2,1-2H3,(H,29,33). The second kappa shape index (κ2) is 11.4. The highest BCUT2D eigenvalue weighted by atomic mass is 32.2. The Balaban J connectivity index is 1.27. The van der Waals surface area contributed by atoms with Crippen LogP contribution in [0.5, 0.6) is 0 Å². The number of hydrogen-bond donors (Lipinski definition) is 1. The maximum atomic E-state index is 13.0. The lowest BCUT2D eigenvalue weighted by Gasteiger charge is -2.36. The van der Waals surface area contributed by atoms with Gasteiger partial charge in [0.25, 0.3) is 5.91 Å². The second-order valence-electron chi connectivity index (χ2n) is 11.1. The molecule has 2 fully saturated rings. The van der Waals surface area contributed by atoms with Gasteiger partial charge in [0.05, 0.1) is 22.8 Å². The molecule has 2 aromatic rings. The molecule has 212 valence electrons. The molecule has 1 unspecified atom stereocenters. The van der Waals surface area contributed by atoms with E-state index in [1.807, 2.05) is 13.8 Å². The number of rotatable bonds is 8. The van der Waals surface area contributed by atoms with Crippen molar-refractivity contribution in [1.82, 2.24) is 19.4 Å². The van der Waals surface area contributed by atoms with E-state index in [1.54, 1.807) is 16.8 Å². The highest BCUT2D eigenvalue weighted by Crippen LogP contribution is 2.38. The van der Waals surface area contributed by atoms with Gasteiger partial charge in [-0.25, -0.2) is 13.2 Å². The fourth-order valence-corrected chi connectivity index (χ4v) is 7.44. The minimum absolute atomic E-state index is 0.0361. The number of esters is 1. The molecular formula is C28H38N4O6S. The number of nitrogens with zero attached hydrogens (tertiary/aromatic N) is 3. The van der Waals surface area contributed by atoms with E-state index in [9.17, 15) is 18.0 Å². The van der Waals surface area contributed by atoms with E-state index in [4.69, 9.17) is 14.6 Å². The number of benzene rings is 1. The largest absolute Gasteiger partial charge is 0.462 e. The molecule has 0 bridgehead atoms. The first-order chi connectivity index (χ1) is 18.7. The number of ether oxygens (including phenoxy) is 2. The first-order valence-corrected chi connectivity index (χ1v) is 15.4. The first-order valence-electron chi connectivity index (χ1n) is 13.9. The van der Waals surface area contributed by atoms with Crippen LogP contribution in [0, 0.1) is 11.3 Å². The Bertz CT molecular complexity index is 1330. The van der Waals surface area contributed by atoms with Crippen molar-refractivity contribution in [3.8, 4) is 0 Å². The summed E-state index contributed by atoms with van der Waals surface area (Å²) in [7, 11) is -3.62. The molecule has 5 rings (SSSR count). The van der Waals surface area contributed by atoms with Crippen molar-refractivity contribution in [2.45, 2.75) is 63.8 Å². The van der Waals surface area contributed by atoms with Gasteiger partial charge in [-0.05, 0) is 75.0 Å². The van der Waals surface area contributed by atoms with Gasteiger partial charge in [-0.1, -0.05) is 13.0 Å². The summed E-state index contributed by atoms with van der Waals surface area (Å²) in [6.45, 7) is 7.72. The summed E-state index contributed by atoms with van der Waals surface area (Å²) in [4.78, 5) is 26.0. The Morgan fingerprint density at radius 3 is 2.69 bits per heavy atom. The van der Waals surface area contributed by atoms with Crippen LogP contribution in [0.2, 0.25) is 0 Å². The molecule has 3 aliphatic heterocycles. The average Bonchev–Trinajstić information content (AvgIpc) is 3.58. The summed E-state index contributed by atoms with van der Waals surface area (Å²) < 4.78 is 40.3. The number of amides is 1. The van der Waals surface area contributed by atoms with E-state index in [0.29, 0.717) is 51.5 Å². The molecule has 1 N–H and O–H groups in total. The molecule has 0 radical (unpaired) electrons. The smallest absolute Gasteiger partial charge is 0.338 e. The monoisotopic (exact) mass is 558 g/mol. The lowest BCUT2D eigenvalue weighted by Crippen LogP contribution is -2.40. The van der Waals surface area contributed by atoms with Crippen molar-refractivity contribution >= 4 is 21.9 Å². The van der Waals surface area contributed by atoms with Crippen LogP contribution in [0.4, 0.5) is 0 Å². The van der Waals surface area contributed by atoms with Gasteiger partial charge < -0.3 is 14.8 Å². The zero-order chi connectivity index (χ0) is 27.6. The Kier molecular flexibility index (Phi) is 8.11. The van der Waals surface area contributed by atoms with Gasteiger partial charge in [-0.3, -0.25) is 9.48 Å². The summed E-state index contributed by atoms with van der Waals surface area (Å²) in [6.07, 6.45) is 4.81. The van der Waals surface area contributed by atoms with Crippen LogP contribution >= 0.6 is 0 Å². The number of nitrogens with one attached hydrogen (secondary N) is 1. The lowest BCUT2D eigenvalue weighted by molar-refractivity contribution is 0.0160. The predicted molar refractivity (Wildman–Crippen MR) is 144 cm³/mol. The fraction of sp³-hybridized carbons (Fsp3) is 0.607. The van der Waals surface area contributed by atoms with Gasteiger partial charge in [0.2, 0.25) is 10.0 Å². The van der Waals surface area contributed by atoms with Crippen molar-refractivity contribution in [3.05, 3.63) is 46.8 Å². The summed E-state index contributed by atoms with van der Waals surface area (Å²) in [6, 6.07) is 6.07. The SMILES string of the molecule is CCn1nc(CC(C)COC(=O)c2cccc(S(=O)(=O)N3CCCC3)c2)c2c1C(=O)NCC1(CCOCC1)C2. The van der Waals surface area contributed by atoms with E-state index in [0.717, 1.165) is 43.4 Å². The fourth-order valence-electron chi connectivity index (χ4n) is 5.88. The van der Waals surface area contributed by atoms with Gasteiger partial charge in [-0.2, -0.15) is 9.40 Å². The van der Waals surface area contributed by atoms with E-state index < -0.39 is 16.0 Å². The molecule has 0 saturated carbocycles. The van der Waals surface area contributed by atoms with E-state index in [-0.39, 0.29) is 34.3 Å². The second-order valence-corrected chi connectivity index (χ2v) is 13.0.